The molecule has 1 heterocycles. The number of hydrogen-bond acceptors (Lipinski definition) is 3. The number of ether oxygens (including phenoxy) is 1. The molecule has 0 aromatic heterocycles. The van der Waals surface area contributed by atoms with Gasteiger partial charge >= 0.3 is 0 Å². The van der Waals surface area contributed by atoms with Crippen molar-refractivity contribution in [3.05, 3.63) is 95.6 Å². The first kappa shape index (κ1) is 16.8. The van der Waals surface area contributed by atoms with E-state index in [9.17, 15) is 0 Å². The molecule has 3 aromatic rings. The predicted octanol–water partition coefficient (Wildman–Crippen LogP) is 4.98. The minimum atomic E-state index is 0.357. The highest BCUT2D eigenvalue weighted by Gasteiger charge is 2.19. The maximum atomic E-state index is 5.65. The lowest BCUT2D eigenvalue weighted by molar-refractivity contribution is 0.275. The Morgan fingerprint density at radius 1 is 0.885 bits per heavy atom. The summed E-state index contributed by atoms with van der Waals surface area (Å²) in [5.74, 6) is 0.736. The fourth-order valence-corrected chi connectivity index (χ4v) is 3.45. The van der Waals surface area contributed by atoms with E-state index < -0.39 is 0 Å². The maximum Gasteiger partial charge on any atom is 0.266 e. The first-order valence-electron chi connectivity index (χ1n) is 8.68. The largest absolute Gasteiger partial charge is 0.432 e. The molecule has 130 valence electrons. The number of benzene rings is 3. The molecule has 0 unspecified atom stereocenters. The lowest BCUT2D eigenvalue weighted by Crippen LogP contribution is -2.16. The summed E-state index contributed by atoms with van der Waals surface area (Å²) in [6.45, 7) is 2.90. The number of para-hydroxylation sites is 1. The third-order valence-electron chi connectivity index (χ3n) is 4.44. The molecular formula is C22H20N2OS. The van der Waals surface area contributed by atoms with E-state index in [1.54, 1.807) is 0 Å². The van der Waals surface area contributed by atoms with Crippen LogP contribution in [0, 0.1) is 0 Å². The molecule has 4 rings (SSSR count). The standard InChI is InChI=1S/C22H20N2OS/c26-22(25-21-9-5-2-6-10-21)23-20-12-11-18-15-24(16-19(18)13-20)14-17-7-3-1-4-8-17/h1-13H,14-16H2,(H,23,26). The lowest BCUT2D eigenvalue weighted by Gasteiger charge is -2.14. The second-order valence-corrected chi connectivity index (χ2v) is 6.81. The summed E-state index contributed by atoms with van der Waals surface area (Å²) in [5, 5.41) is 3.53. The van der Waals surface area contributed by atoms with Crippen molar-refractivity contribution in [2.45, 2.75) is 19.6 Å². The summed E-state index contributed by atoms with van der Waals surface area (Å²) in [7, 11) is 0. The Kier molecular flexibility index (Phi) is 4.95. The van der Waals surface area contributed by atoms with Crippen molar-refractivity contribution >= 4 is 23.1 Å². The van der Waals surface area contributed by atoms with Crippen LogP contribution >= 0.6 is 12.2 Å². The summed E-state index contributed by atoms with van der Waals surface area (Å²) in [6, 6.07) is 26.6. The number of anilines is 1. The SMILES string of the molecule is S=C(Nc1ccc2c(c1)CN(Cc1ccccc1)C2)Oc1ccccc1. The molecule has 3 aromatic carbocycles. The van der Waals surface area contributed by atoms with Crippen LogP contribution in [-0.2, 0) is 19.6 Å². The van der Waals surface area contributed by atoms with E-state index in [0.717, 1.165) is 31.1 Å². The monoisotopic (exact) mass is 360 g/mol. The second-order valence-electron chi connectivity index (χ2n) is 6.44. The van der Waals surface area contributed by atoms with Crippen molar-refractivity contribution in [2.24, 2.45) is 0 Å². The molecule has 0 radical (unpaired) electrons. The van der Waals surface area contributed by atoms with Crippen molar-refractivity contribution < 1.29 is 4.74 Å². The molecule has 0 saturated carbocycles. The molecule has 4 heteroatoms. The van der Waals surface area contributed by atoms with Crippen LogP contribution in [0.15, 0.2) is 78.9 Å². The van der Waals surface area contributed by atoms with Crippen molar-refractivity contribution in [3.8, 4) is 5.75 Å². The van der Waals surface area contributed by atoms with Crippen LogP contribution in [0.2, 0.25) is 0 Å². The molecule has 0 saturated heterocycles. The van der Waals surface area contributed by atoms with Gasteiger partial charge in [0, 0.05) is 25.3 Å². The molecular weight excluding hydrogens is 340 g/mol. The summed E-state index contributed by atoms with van der Waals surface area (Å²) in [6.07, 6.45) is 0. The fourth-order valence-electron chi connectivity index (χ4n) is 3.24. The van der Waals surface area contributed by atoms with Crippen LogP contribution in [-0.4, -0.2) is 10.1 Å². The molecule has 0 fully saturated rings. The molecule has 1 aliphatic rings. The number of rotatable bonds is 4. The van der Waals surface area contributed by atoms with Crippen molar-refractivity contribution in [3.63, 3.8) is 0 Å². The van der Waals surface area contributed by atoms with Crippen LogP contribution in [0.4, 0.5) is 5.69 Å². The molecule has 3 nitrogen and oxygen atoms in total. The first-order chi connectivity index (χ1) is 12.8. The van der Waals surface area contributed by atoms with Gasteiger partial charge in [-0.1, -0.05) is 54.6 Å². The normalized spacial score (nSPS) is 13.2. The van der Waals surface area contributed by atoms with Gasteiger partial charge in [0.05, 0.1) is 0 Å². The molecule has 0 aliphatic carbocycles. The Morgan fingerprint density at radius 2 is 1.58 bits per heavy atom. The fraction of sp³-hybridized carbons (Fsp3) is 0.136. The summed E-state index contributed by atoms with van der Waals surface area (Å²) in [5.41, 5.74) is 5.03. The molecule has 0 spiro atoms. The van der Waals surface area contributed by atoms with Gasteiger partial charge in [0.2, 0.25) is 0 Å². The Bertz CT molecular complexity index is 897. The zero-order chi connectivity index (χ0) is 17.8. The van der Waals surface area contributed by atoms with E-state index in [0.29, 0.717) is 5.17 Å². The average molecular weight is 360 g/mol. The zero-order valence-corrected chi connectivity index (χ0v) is 15.2. The predicted molar refractivity (Wildman–Crippen MR) is 109 cm³/mol. The Hall–Kier alpha value is -2.69. The minimum absolute atomic E-state index is 0.357. The molecule has 0 amide bonds. The van der Waals surface area contributed by atoms with Gasteiger partial charge < -0.3 is 10.1 Å². The third kappa shape index (κ3) is 4.10. The number of hydrogen-bond donors (Lipinski definition) is 1. The van der Waals surface area contributed by atoms with Crippen molar-refractivity contribution in [1.29, 1.82) is 0 Å². The van der Waals surface area contributed by atoms with E-state index in [4.69, 9.17) is 17.0 Å². The highest BCUT2D eigenvalue weighted by Crippen LogP contribution is 2.27. The highest BCUT2D eigenvalue weighted by atomic mass is 32.1. The number of fused-ring (bicyclic) bond motifs is 1. The van der Waals surface area contributed by atoms with Gasteiger partial charge in [-0.05, 0) is 53.2 Å². The van der Waals surface area contributed by atoms with Gasteiger partial charge in [-0.25, -0.2) is 0 Å². The molecule has 0 atom stereocenters. The number of nitrogens with one attached hydrogen (secondary N) is 1. The number of thiocarbonyl (C=S) groups is 1. The smallest absolute Gasteiger partial charge is 0.266 e. The van der Waals surface area contributed by atoms with Crippen LogP contribution in [0.1, 0.15) is 16.7 Å². The molecule has 1 N–H and O–H groups in total. The Morgan fingerprint density at radius 3 is 2.35 bits per heavy atom. The molecule has 26 heavy (non-hydrogen) atoms. The van der Waals surface area contributed by atoms with E-state index in [-0.39, 0.29) is 0 Å². The first-order valence-corrected chi connectivity index (χ1v) is 9.09. The van der Waals surface area contributed by atoms with Gasteiger partial charge in [-0.2, -0.15) is 0 Å². The Balaban J connectivity index is 1.38. The van der Waals surface area contributed by atoms with Gasteiger partial charge in [-0.3, -0.25) is 4.90 Å². The van der Waals surface area contributed by atoms with Gasteiger partial charge in [0.15, 0.2) is 0 Å². The van der Waals surface area contributed by atoms with E-state index in [1.807, 2.05) is 30.3 Å². The zero-order valence-electron chi connectivity index (χ0n) is 14.4. The van der Waals surface area contributed by atoms with Gasteiger partial charge in [0.1, 0.15) is 5.75 Å². The summed E-state index contributed by atoms with van der Waals surface area (Å²) < 4.78 is 5.65. The van der Waals surface area contributed by atoms with Crippen LogP contribution in [0.25, 0.3) is 0 Å². The molecule has 0 bridgehead atoms. The summed E-state index contributed by atoms with van der Waals surface area (Å²) >= 11 is 5.31. The van der Waals surface area contributed by atoms with Crippen molar-refractivity contribution in [1.82, 2.24) is 4.90 Å². The Labute approximate surface area is 159 Å². The highest BCUT2D eigenvalue weighted by molar-refractivity contribution is 7.80. The molecule has 1 aliphatic heterocycles. The van der Waals surface area contributed by atoms with Crippen LogP contribution in [0.3, 0.4) is 0 Å². The van der Waals surface area contributed by atoms with E-state index >= 15 is 0 Å². The second kappa shape index (κ2) is 7.68. The van der Waals surface area contributed by atoms with Gasteiger partial charge in [-0.15, -0.1) is 0 Å². The quantitative estimate of drug-likeness (QED) is 0.663. The third-order valence-corrected chi connectivity index (χ3v) is 4.63. The van der Waals surface area contributed by atoms with Crippen molar-refractivity contribution in [2.75, 3.05) is 5.32 Å². The van der Waals surface area contributed by atoms with Crippen LogP contribution < -0.4 is 10.1 Å². The van der Waals surface area contributed by atoms with Gasteiger partial charge in [0.25, 0.3) is 5.17 Å². The topological polar surface area (TPSA) is 24.5 Å². The maximum absolute atomic E-state index is 5.65. The lowest BCUT2D eigenvalue weighted by atomic mass is 10.1. The van der Waals surface area contributed by atoms with E-state index in [2.05, 4.69) is 58.7 Å². The summed E-state index contributed by atoms with van der Waals surface area (Å²) in [4.78, 5) is 2.45. The van der Waals surface area contributed by atoms with Crippen LogP contribution in [0.5, 0.6) is 5.75 Å². The average Bonchev–Trinajstić information content (AvgIpc) is 3.05. The minimum Gasteiger partial charge on any atom is -0.432 e. The van der Waals surface area contributed by atoms with E-state index in [1.165, 1.54) is 16.7 Å². The number of nitrogens with zero attached hydrogens (tertiary/aromatic N) is 1.